The van der Waals surface area contributed by atoms with E-state index >= 15 is 0 Å². The average Bonchev–Trinajstić information content (AvgIpc) is 3.09. The van der Waals surface area contributed by atoms with E-state index in [1.165, 1.54) is 18.6 Å². The number of carbonyl (C=O) groups is 2. The Balaban J connectivity index is 1.67. The topological polar surface area (TPSA) is 101 Å². The summed E-state index contributed by atoms with van der Waals surface area (Å²) in [5, 5.41) is 2.83. The number of aromatic amines is 1. The summed E-state index contributed by atoms with van der Waals surface area (Å²) in [4.78, 5) is 40.0. The summed E-state index contributed by atoms with van der Waals surface area (Å²) in [7, 11) is 0. The standard InChI is InChI=1S/C23H27F2N5O2/c1-22(2,3)11-18(32)30-15-12-27-21-19(15)28-13-29-20(21)16(31)7-5-6-14-8-9-26-17(10-14)23(4,24)25/h8-10,12-13,27H,5-7,11H2,1-4H3,(H,30,32). The number of aromatic nitrogens is 4. The van der Waals surface area contributed by atoms with Crippen molar-refractivity contribution in [3.05, 3.63) is 47.8 Å². The summed E-state index contributed by atoms with van der Waals surface area (Å²) in [5.74, 6) is -3.34. The van der Waals surface area contributed by atoms with Gasteiger partial charge in [-0.2, -0.15) is 8.78 Å². The summed E-state index contributed by atoms with van der Waals surface area (Å²) in [5.41, 5.74) is 1.91. The van der Waals surface area contributed by atoms with Gasteiger partial charge in [0.2, 0.25) is 5.91 Å². The molecule has 0 aliphatic carbocycles. The minimum Gasteiger partial charge on any atom is -0.356 e. The zero-order chi connectivity index (χ0) is 23.5. The Morgan fingerprint density at radius 3 is 2.56 bits per heavy atom. The Bertz CT molecular complexity index is 1130. The molecule has 0 aliphatic rings. The quantitative estimate of drug-likeness (QED) is 0.475. The lowest BCUT2D eigenvalue weighted by Crippen LogP contribution is -2.19. The SMILES string of the molecule is CC(C)(C)CC(=O)Nc1c[nH]c2c(C(=O)CCCc3ccnc(C(C)(F)F)c3)ncnc12. The number of fused-ring (bicyclic) bond motifs is 1. The molecule has 1 amide bonds. The second kappa shape index (κ2) is 9.10. The van der Waals surface area contributed by atoms with E-state index in [9.17, 15) is 18.4 Å². The first kappa shape index (κ1) is 23.4. The highest BCUT2D eigenvalue weighted by Crippen LogP contribution is 2.27. The number of halogens is 2. The molecule has 0 spiro atoms. The highest BCUT2D eigenvalue weighted by molar-refractivity contribution is 6.08. The number of pyridine rings is 1. The smallest absolute Gasteiger partial charge is 0.286 e. The van der Waals surface area contributed by atoms with Gasteiger partial charge in [-0.25, -0.2) is 9.97 Å². The van der Waals surface area contributed by atoms with Crippen LogP contribution in [0.3, 0.4) is 0 Å². The van der Waals surface area contributed by atoms with E-state index in [0.29, 0.717) is 41.5 Å². The van der Waals surface area contributed by atoms with Crippen LogP contribution >= 0.6 is 0 Å². The van der Waals surface area contributed by atoms with Gasteiger partial charge >= 0.3 is 0 Å². The molecule has 9 heteroatoms. The Kier molecular flexibility index (Phi) is 6.66. The molecule has 0 saturated carbocycles. The molecule has 0 atom stereocenters. The molecule has 3 aromatic heterocycles. The van der Waals surface area contributed by atoms with E-state index in [2.05, 4.69) is 25.3 Å². The lowest BCUT2D eigenvalue weighted by atomic mass is 9.92. The molecule has 32 heavy (non-hydrogen) atoms. The first-order valence-corrected chi connectivity index (χ1v) is 10.4. The number of H-pyrrole nitrogens is 1. The van der Waals surface area contributed by atoms with Crippen molar-refractivity contribution in [3.8, 4) is 0 Å². The minimum absolute atomic E-state index is 0.140. The Morgan fingerprint density at radius 1 is 1.12 bits per heavy atom. The van der Waals surface area contributed by atoms with Crippen LogP contribution < -0.4 is 5.32 Å². The summed E-state index contributed by atoms with van der Waals surface area (Å²) in [6, 6.07) is 3.03. The summed E-state index contributed by atoms with van der Waals surface area (Å²) < 4.78 is 26.9. The van der Waals surface area contributed by atoms with Gasteiger partial charge in [0.15, 0.2) is 5.78 Å². The number of nitrogens with zero attached hydrogens (tertiary/aromatic N) is 3. The summed E-state index contributed by atoms with van der Waals surface area (Å²) in [6.07, 6.45) is 5.71. The molecule has 0 saturated heterocycles. The third kappa shape index (κ3) is 5.93. The van der Waals surface area contributed by atoms with Crippen LogP contribution in [0.25, 0.3) is 11.0 Å². The van der Waals surface area contributed by atoms with E-state index in [1.807, 2.05) is 20.8 Å². The first-order valence-electron chi connectivity index (χ1n) is 10.4. The first-order chi connectivity index (χ1) is 14.9. The monoisotopic (exact) mass is 443 g/mol. The minimum atomic E-state index is -3.01. The highest BCUT2D eigenvalue weighted by Gasteiger charge is 2.26. The van der Waals surface area contributed by atoms with Crippen molar-refractivity contribution in [2.24, 2.45) is 5.41 Å². The molecule has 0 unspecified atom stereocenters. The number of hydrogen-bond donors (Lipinski definition) is 2. The molecule has 3 rings (SSSR count). The Hall–Kier alpha value is -3.23. The molecule has 3 aromatic rings. The van der Waals surface area contributed by atoms with Crippen LogP contribution in [0, 0.1) is 5.41 Å². The van der Waals surface area contributed by atoms with Crippen LogP contribution in [0.2, 0.25) is 0 Å². The van der Waals surface area contributed by atoms with Gasteiger partial charge in [-0.1, -0.05) is 20.8 Å². The predicted molar refractivity (Wildman–Crippen MR) is 118 cm³/mol. The van der Waals surface area contributed by atoms with Gasteiger partial charge in [-0.05, 0) is 36.0 Å². The third-order valence-electron chi connectivity index (χ3n) is 4.84. The Labute approximate surface area is 185 Å². The van der Waals surface area contributed by atoms with Gasteiger partial charge in [-0.3, -0.25) is 14.6 Å². The lowest BCUT2D eigenvalue weighted by Gasteiger charge is -2.16. The van der Waals surface area contributed by atoms with Gasteiger partial charge in [0.25, 0.3) is 5.92 Å². The molecule has 0 bridgehead atoms. The van der Waals surface area contributed by atoms with Crippen LogP contribution in [0.4, 0.5) is 14.5 Å². The van der Waals surface area contributed by atoms with Gasteiger partial charge in [0, 0.05) is 32.2 Å². The highest BCUT2D eigenvalue weighted by atomic mass is 19.3. The van der Waals surface area contributed by atoms with Gasteiger partial charge in [0.05, 0.1) is 11.2 Å². The van der Waals surface area contributed by atoms with Crippen LogP contribution in [0.1, 0.15) is 68.7 Å². The van der Waals surface area contributed by atoms with Gasteiger partial charge in [0.1, 0.15) is 23.2 Å². The third-order valence-corrected chi connectivity index (χ3v) is 4.84. The molecule has 0 radical (unpaired) electrons. The van der Waals surface area contributed by atoms with E-state index in [0.717, 1.165) is 6.92 Å². The van der Waals surface area contributed by atoms with Crippen LogP contribution in [0.15, 0.2) is 30.9 Å². The fourth-order valence-electron chi connectivity index (χ4n) is 3.36. The molecule has 7 nitrogen and oxygen atoms in total. The van der Waals surface area contributed by atoms with Crippen molar-refractivity contribution >= 4 is 28.4 Å². The second-order valence-corrected chi connectivity index (χ2v) is 9.15. The van der Waals surface area contributed by atoms with Gasteiger partial charge in [-0.15, -0.1) is 0 Å². The van der Waals surface area contributed by atoms with E-state index in [1.54, 1.807) is 12.3 Å². The van der Waals surface area contributed by atoms with E-state index in [4.69, 9.17) is 0 Å². The number of hydrogen-bond acceptors (Lipinski definition) is 5. The normalized spacial score (nSPS) is 12.2. The van der Waals surface area contributed by atoms with E-state index < -0.39 is 5.92 Å². The van der Waals surface area contributed by atoms with Crippen LogP contribution in [-0.4, -0.2) is 31.6 Å². The molecular formula is C23H27F2N5O2. The number of amides is 1. The van der Waals surface area contributed by atoms with Crippen molar-refractivity contribution in [2.45, 2.75) is 59.3 Å². The van der Waals surface area contributed by atoms with Crippen molar-refractivity contribution in [1.82, 2.24) is 19.9 Å². The van der Waals surface area contributed by atoms with Crippen molar-refractivity contribution < 1.29 is 18.4 Å². The van der Waals surface area contributed by atoms with Crippen LogP contribution in [-0.2, 0) is 17.1 Å². The maximum atomic E-state index is 13.5. The number of aryl methyl sites for hydroxylation is 1. The molecule has 170 valence electrons. The van der Waals surface area contributed by atoms with E-state index in [-0.39, 0.29) is 34.9 Å². The number of anilines is 1. The summed E-state index contributed by atoms with van der Waals surface area (Å²) in [6.45, 7) is 6.73. The van der Waals surface area contributed by atoms with Crippen molar-refractivity contribution in [1.29, 1.82) is 0 Å². The second-order valence-electron chi connectivity index (χ2n) is 9.15. The van der Waals surface area contributed by atoms with Crippen molar-refractivity contribution in [2.75, 3.05) is 5.32 Å². The van der Waals surface area contributed by atoms with Gasteiger partial charge < -0.3 is 10.3 Å². The fourth-order valence-corrected chi connectivity index (χ4v) is 3.36. The number of rotatable bonds is 8. The largest absolute Gasteiger partial charge is 0.356 e. The number of Topliss-reactive ketones (excluding diaryl/α,β-unsaturated/α-hetero) is 1. The number of nitrogens with one attached hydrogen (secondary N) is 2. The zero-order valence-electron chi connectivity index (χ0n) is 18.6. The molecule has 0 aromatic carbocycles. The number of carbonyl (C=O) groups excluding carboxylic acids is 2. The maximum Gasteiger partial charge on any atom is 0.286 e. The number of alkyl halides is 2. The maximum absolute atomic E-state index is 13.5. The average molecular weight is 443 g/mol. The molecule has 0 fully saturated rings. The molecular weight excluding hydrogens is 416 g/mol. The Morgan fingerprint density at radius 2 is 1.88 bits per heavy atom. The van der Waals surface area contributed by atoms with Crippen molar-refractivity contribution in [3.63, 3.8) is 0 Å². The fraction of sp³-hybridized carbons (Fsp3) is 0.435. The number of ketones is 1. The molecule has 0 aliphatic heterocycles. The summed E-state index contributed by atoms with van der Waals surface area (Å²) >= 11 is 0. The molecule has 3 heterocycles. The molecule has 2 N–H and O–H groups in total. The zero-order valence-corrected chi connectivity index (χ0v) is 18.6. The van der Waals surface area contributed by atoms with Crippen LogP contribution in [0.5, 0.6) is 0 Å². The lowest BCUT2D eigenvalue weighted by molar-refractivity contribution is -0.117. The predicted octanol–water partition coefficient (Wildman–Crippen LogP) is 5.04.